The molecule has 0 aliphatic heterocycles. The van der Waals surface area contributed by atoms with E-state index in [1.807, 2.05) is 91.0 Å². The Balaban J connectivity index is 1.90. The summed E-state index contributed by atoms with van der Waals surface area (Å²) in [6.45, 7) is -1.27. The van der Waals surface area contributed by atoms with Crippen molar-refractivity contribution >= 4 is 45.8 Å². The van der Waals surface area contributed by atoms with E-state index in [0.717, 1.165) is 15.9 Å². The molecule has 0 bridgehead atoms. The Bertz CT molecular complexity index is 1690. The molecule has 0 radical (unpaired) electrons. The zero-order valence-corrected chi connectivity index (χ0v) is 23.9. The number of ether oxygens (including phenoxy) is 1. The SMILES string of the molecule is CCOC(=O)C(C(=O)c1cccc(-c2ccccc2C(=O)O)c1)=P(c1ccccc1)(c1ccccc1)c1ccccc1. The molecule has 0 unspecified atom stereocenters. The minimum absolute atomic E-state index is 0.0524. The van der Waals surface area contributed by atoms with Gasteiger partial charge in [-0.2, -0.15) is 0 Å². The van der Waals surface area contributed by atoms with E-state index in [4.69, 9.17) is 4.74 Å². The summed E-state index contributed by atoms with van der Waals surface area (Å²) >= 11 is 0. The third-order valence-electron chi connectivity index (χ3n) is 7.04. The lowest BCUT2D eigenvalue weighted by molar-refractivity contribution is -0.134. The van der Waals surface area contributed by atoms with Gasteiger partial charge in [0.2, 0.25) is 5.78 Å². The molecular formula is C36H29O5P. The van der Waals surface area contributed by atoms with Gasteiger partial charge in [-0.1, -0.05) is 127 Å². The van der Waals surface area contributed by atoms with Crippen molar-refractivity contribution in [3.8, 4) is 11.1 Å². The lowest BCUT2D eigenvalue weighted by atomic mass is 9.96. The van der Waals surface area contributed by atoms with Gasteiger partial charge in [0.25, 0.3) is 0 Å². The molecule has 208 valence electrons. The van der Waals surface area contributed by atoms with Crippen LogP contribution in [0.5, 0.6) is 0 Å². The number of carboxylic acids is 1. The monoisotopic (exact) mass is 572 g/mol. The Morgan fingerprint density at radius 3 is 1.64 bits per heavy atom. The molecule has 5 nitrogen and oxygen atoms in total. The number of carbonyl (C=O) groups excluding carboxylic acids is 2. The number of esters is 1. The Morgan fingerprint density at radius 2 is 1.14 bits per heavy atom. The molecule has 5 rings (SSSR count). The van der Waals surface area contributed by atoms with E-state index in [1.165, 1.54) is 6.07 Å². The fraction of sp³-hybridized carbons (Fsp3) is 0.0556. The number of aromatic carboxylic acids is 1. The minimum atomic E-state index is -3.08. The van der Waals surface area contributed by atoms with Crippen molar-refractivity contribution in [3.63, 3.8) is 0 Å². The van der Waals surface area contributed by atoms with E-state index in [0.29, 0.717) is 11.1 Å². The van der Waals surface area contributed by atoms with Gasteiger partial charge in [-0.05, 0) is 53.0 Å². The molecule has 5 aromatic carbocycles. The van der Waals surface area contributed by atoms with Gasteiger partial charge < -0.3 is 9.84 Å². The lowest BCUT2D eigenvalue weighted by Crippen LogP contribution is -2.38. The van der Waals surface area contributed by atoms with Crippen molar-refractivity contribution in [2.75, 3.05) is 6.61 Å². The van der Waals surface area contributed by atoms with Gasteiger partial charge in [0, 0.05) is 5.56 Å². The Labute approximate surface area is 245 Å². The topological polar surface area (TPSA) is 80.7 Å². The lowest BCUT2D eigenvalue weighted by Gasteiger charge is -2.31. The third-order valence-corrected chi connectivity index (χ3v) is 11.3. The van der Waals surface area contributed by atoms with Gasteiger partial charge in [0.1, 0.15) is 5.29 Å². The number of hydrogen-bond acceptors (Lipinski definition) is 4. The van der Waals surface area contributed by atoms with Crippen LogP contribution in [0.2, 0.25) is 0 Å². The summed E-state index contributed by atoms with van der Waals surface area (Å²) in [4.78, 5) is 40.9. The summed E-state index contributed by atoms with van der Waals surface area (Å²) < 4.78 is 5.64. The van der Waals surface area contributed by atoms with E-state index in [2.05, 4.69) is 0 Å². The minimum Gasteiger partial charge on any atom is -0.478 e. The van der Waals surface area contributed by atoms with Crippen LogP contribution < -0.4 is 15.9 Å². The van der Waals surface area contributed by atoms with Gasteiger partial charge in [0.05, 0.1) is 12.2 Å². The van der Waals surface area contributed by atoms with Crippen LogP contribution >= 0.6 is 6.89 Å². The van der Waals surface area contributed by atoms with Crippen LogP contribution in [-0.2, 0) is 9.53 Å². The Kier molecular flexibility index (Phi) is 8.61. The molecule has 0 atom stereocenters. The summed E-state index contributed by atoms with van der Waals surface area (Å²) in [5.74, 6) is -2.21. The van der Waals surface area contributed by atoms with E-state index in [-0.39, 0.29) is 23.0 Å². The molecule has 0 fully saturated rings. The van der Waals surface area contributed by atoms with Crippen molar-refractivity contribution in [1.29, 1.82) is 0 Å². The first-order valence-corrected chi connectivity index (χ1v) is 15.3. The van der Waals surface area contributed by atoms with Gasteiger partial charge in [-0.15, -0.1) is 0 Å². The highest BCUT2D eigenvalue weighted by molar-refractivity contribution is 7.97. The molecular weight excluding hydrogens is 543 g/mol. The fourth-order valence-electron chi connectivity index (χ4n) is 5.26. The highest BCUT2D eigenvalue weighted by Gasteiger charge is 2.38. The number of ketones is 1. The van der Waals surface area contributed by atoms with Crippen LogP contribution in [0.1, 0.15) is 27.6 Å². The van der Waals surface area contributed by atoms with Gasteiger partial charge in [0.15, 0.2) is 0 Å². The van der Waals surface area contributed by atoms with E-state index in [1.54, 1.807) is 49.4 Å². The largest absolute Gasteiger partial charge is 0.478 e. The van der Waals surface area contributed by atoms with Gasteiger partial charge >= 0.3 is 11.9 Å². The molecule has 0 amide bonds. The quantitative estimate of drug-likeness (QED) is 0.102. The predicted octanol–water partition coefficient (Wildman–Crippen LogP) is 5.96. The Morgan fingerprint density at radius 1 is 0.643 bits per heavy atom. The molecule has 0 saturated carbocycles. The molecule has 0 heterocycles. The molecule has 0 aliphatic rings. The summed E-state index contributed by atoms with van der Waals surface area (Å²) in [5, 5.41) is 12.4. The van der Waals surface area contributed by atoms with Gasteiger partial charge in [-0.3, -0.25) is 4.79 Å². The van der Waals surface area contributed by atoms with Crippen molar-refractivity contribution in [2.45, 2.75) is 6.92 Å². The average molecular weight is 573 g/mol. The van der Waals surface area contributed by atoms with Crippen molar-refractivity contribution < 1.29 is 24.2 Å². The molecule has 0 saturated heterocycles. The van der Waals surface area contributed by atoms with Crippen LogP contribution in [0.4, 0.5) is 0 Å². The zero-order valence-electron chi connectivity index (χ0n) is 23.0. The smallest absolute Gasteiger partial charge is 0.343 e. The summed E-state index contributed by atoms with van der Waals surface area (Å²) in [6.07, 6.45) is 0. The average Bonchev–Trinajstić information content (AvgIpc) is 3.04. The first-order valence-electron chi connectivity index (χ1n) is 13.6. The first kappa shape index (κ1) is 28.5. The van der Waals surface area contributed by atoms with Crippen LogP contribution in [0.3, 0.4) is 0 Å². The van der Waals surface area contributed by atoms with E-state index < -0.39 is 24.6 Å². The van der Waals surface area contributed by atoms with Crippen LogP contribution in [0, 0.1) is 0 Å². The second kappa shape index (κ2) is 12.7. The standard InChI is InChI=1S/C36H29O5P/c1-2-41-36(40)34(33(37)27-16-14-15-26(25-27)31-23-12-13-24-32(31)35(38)39)42(28-17-6-3-7-18-28,29-19-8-4-9-20-29)30-21-10-5-11-22-30/h3-25H,2H2,1H3,(H,38,39). The first-order chi connectivity index (χ1) is 20.5. The van der Waals surface area contributed by atoms with Crippen molar-refractivity contribution in [3.05, 3.63) is 151 Å². The fourth-order valence-corrected chi connectivity index (χ4v) is 9.56. The second-order valence-corrected chi connectivity index (χ2v) is 12.8. The number of hydrogen-bond donors (Lipinski definition) is 1. The van der Waals surface area contributed by atoms with Crippen molar-refractivity contribution in [1.82, 2.24) is 0 Å². The summed E-state index contributed by atoms with van der Waals surface area (Å²) in [5.41, 5.74) is 1.43. The van der Waals surface area contributed by atoms with Crippen molar-refractivity contribution in [2.24, 2.45) is 0 Å². The molecule has 5 aromatic rings. The molecule has 6 heteroatoms. The molecule has 1 N–H and O–H groups in total. The van der Waals surface area contributed by atoms with E-state index >= 15 is 0 Å². The summed E-state index contributed by atoms with van der Waals surface area (Å²) in [7, 11) is 0. The summed E-state index contributed by atoms with van der Waals surface area (Å²) in [6, 6.07) is 42.3. The number of Topliss-reactive ketones (excluding diaryl/α,β-unsaturated/α-hetero) is 1. The third kappa shape index (κ3) is 5.35. The molecule has 0 aromatic heterocycles. The maximum Gasteiger partial charge on any atom is 0.343 e. The van der Waals surface area contributed by atoms with Gasteiger partial charge in [-0.25, -0.2) is 9.59 Å². The zero-order chi connectivity index (χ0) is 29.5. The van der Waals surface area contributed by atoms with Crippen LogP contribution in [0.25, 0.3) is 11.1 Å². The number of carbonyl (C=O) groups is 3. The molecule has 42 heavy (non-hydrogen) atoms. The number of benzene rings is 5. The maximum absolute atomic E-state index is 14.8. The van der Waals surface area contributed by atoms with E-state index in [9.17, 15) is 19.5 Å². The predicted molar refractivity (Wildman–Crippen MR) is 170 cm³/mol. The normalized spacial score (nSPS) is 11.0. The molecule has 0 aliphatic carbocycles. The number of rotatable bonds is 9. The van der Waals surface area contributed by atoms with Crippen LogP contribution in [0.15, 0.2) is 140 Å². The van der Waals surface area contributed by atoms with Crippen LogP contribution in [-0.4, -0.2) is 34.7 Å². The maximum atomic E-state index is 14.8. The highest BCUT2D eigenvalue weighted by atomic mass is 31.2. The highest BCUT2D eigenvalue weighted by Crippen LogP contribution is 2.47. The number of carboxylic acid groups (broad SMARTS) is 1. The second-order valence-electron chi connectivity index (χ2n) is 9.51. The Hall–Kier alpha value is -4.99. The molecule has 0 spiro atoms.